The molecule has 5 nitrogen and oxygen atoms in total. The van der Waals surface area contributed by atoms with Crippen LogP contribution in [-0.4, -0.2) is 52.8 Å². The molecule has 2 aliphatic rings. The fourth-order valence-electron chi connectivity index (χ4n) is 4.31. The van der Waals surface area contributed by atoms with Gasteiger partial charge in [0.05, 0.1) is 12.1 Å². The lowest BCUT2D eigenvalue weighted by Crippen LogP contribution is -2.45. The average molecular weight is 430 g/mol. The molecule has 30 heavy (non-hydrogen) atoms. The molecule has 0 atom stereocenters. The third-order valence-electron chi connectivity index (χ3n) is 6.09. The molecular formula is C23H28FN3O2S. The number of carbonyl (C=O) groups is 2. The number of carbonyl (C=O) groups excluding carboxylic acids is 2. The fraction of sp³-hybridized carbons (Fsp3) is 0.522. The van der Waals surface area contributed by atoms with Crippen LogP contribution in [-0.2, 0) is 16.0 Å². The number of benzene rings is 1. The molecule has 2 amide bonds. The number of amides is 2. The van der Waals surface area contributed by atoms with Gasteiger partial charge >= 0.3 is 0 Å². The van der Waals surface area contributed by atoms with E-state index in [9.17, 15) is 14.0 Å². The van der Waals surface area contributed by atoms with E-state index in [1.807, 2.05) is 15.2 Å². The Morgan fingerprint density at radius 2 is 1.63 bits per heavy atom. The minimum absolute atomic E-state index is 0.0523. The van der Waals surface area contributed by atoms with Crippen molar-refractivity contribution in [3.63, 3.8) is 0 Å². The standard InChI is InChI=1S/C23H28FN3O2S/c24-19-7-5-17(6-8-19)22-25-20(16-30-22)15-21(28)26-13-9-18(10-14-26)23(29)27-11-3-1-2-4-12-27/h5-8,16,18H,1-4,9-15H2. The number of nitrogens with zero attached hydrogens (tertiary/aromatic N) is 3. The third-order valence-corrected chi connectivity index (χ3v) is 7.03. The van der Waals surface area contributed by atoms with E-state index in [1.165, 1.54) is 36.3 Å². The van der Waals surface area contributed by atoms with Crippen molar-refractivity contribution in [2.24, 2.45) is 5.92 Å². The van der Waals surface area contributed by atoms with Crippen molar-refractivity contribution in [2.75, 3.05) is 26.2 Å². The molecule has 2 aliphatic heterocycles. The number of thiazole rings is 1. The largest absolute Gasteiger partial charge is 0.342 e. The normalized spacial score (nSPS) is 18.3. The first-order chi connectivity index (χ1) is 14.6. The van der Waals surface area contributed by atoms with Gasteiger partial charge in [0.15, 0.2) is 0 Å². The number of piperidine rings is 1. The first kappa shape index (κ1) is 21.0. The van der Waals surface area contributed by atoms with Crippen LogP contribution in [0.4, 0.5) is 4.39 Å². The molecule has 4 rings (SSSR count). The maximum absolute atomic E-state index is 13.1. The Kier molecular flexibility index (Phi) is 6.77. The first-order valence-electron chi connectivity index (χ1n) is 10.9. The number of hydrogen-bond acceptors (Lipinski definition) is 4. The number of halogens is 1. The molecule has 1 aromatic carbocycles. The van der Waals surface area contributed by atoms with Gasteiger partial charge in [-0.25, -0.2) is 9.37 Å². The van der Waals surface area contributed by atoms with Crippen LogP contribution in [0, 0.1) is 11.7 Å². The molecule has 7 heteroatoms. The second kappa shape index (κ2) is 9.69. The van der Waals surface area contributed by atoms with Gasteiger partial charge in [0.2, 0.25) is 11.8 Å². The first-order valence-corrected chi connectivity index (χ1v) is 11.7. The van der Waals surface area contributed by atoms with Gasteiger partial charge in [0.1, 0.15) is 10.8 Å². The SMILES string of the molecule is O=C(Cc1csc(-c2ccc(F)cc2)n1)N1CCC(C(=O)N2CCCCCC2)CC1. The van der Waals surface area contributed by atoms with Crippen LogP contribution in [0.25, 0.3) is 10.6 Å². The van der Waals surface area contributed by atoms with E-state index < -0.39 is 0 Å². The summed E-state index contributed by atoms with van der Waals surface area (Å²) in [5.74, 6) is 0.124. The molecular weight excluding hydrogens is 401 g/mol. The van der Waals surface area contributed by atoms with Crippen LogP contribution < -0.4 is 0 Å². The Morgan fingerprint density at radius 1 is 0.967 bits per heavy atom. The average Bonchev–Trinajstić information content (AvgIpc) is 3.06. The van der Waals surface area contributed by atoms with E-state index in [2.05, 4.69) is 4.98 Å². The van der Waals surface area contributed by atoms with Gasteiger partial charge in [0.25, 0.3) is 0 Å². The number of likely N-dealkylation sites (tertiary alicyclic amines) is 2. The van der Waals surface area contributed by atoms with E-state index in [-0.39, 0.29) is 30.0 Å². The van der Waals surface area contributed by atoms with Crippen LogP contribution >= 0.6 is 11.3 Å². The minimum Gasteiger partial charge on any atom is -0.342 e. The van der Waals surface area contributed by atoms with Crippen LogP contribution in [0.5, 0.6) is 0 Å². The molecule has 2 aromatic rings. The van der Waals surface area contributed by atoms with E-state index in [0.29, 0.717) is 13.1 Å². The summed E-state index contributed by atoms with van der Waals surface area (Å²) >= 11 is 1.46. The zero-order valence-electron chi connectivity index (χ0n) is 17.2. The summed E-state index contributed by atoms with van der Waals surface area (Å²) in [5, 5.41) is 2.69. The molecule has 1 aromatic heterocycles. The summed E-state index contributed by atoms with van der Waals surface area (Å²) < 4.78 is 13.1. The van der Waals surface area contributed by atoms with Crippen molar-refractivity contribution >= 4 is 23.2 Å². The number of hydrogen-bond donors (Lipinski definition) is 0. The summed E-state index contributed by atoms with van der Waals surface area (Å²) in [7, 11) is 0. The second-order valence-electron chi connectivity index (χ2n) is 8.22. The predicted molar refractivity (Wildman–Crippen MR) is 116 cm³/mol. The molecule has 0 bridgehead atoms. The highest BCUT2D eigenvalue weighted by Gasteiger charge is 2.30. The van der Waals surface area contributed by atoms with Crippen LogP contribution in [0.3, 0.4) is 0 Å². The topological polar surface area (TPSA) is 53.5 Å². The Bertz CT molecular complexity index is 867. The van der Waals surface area contributed by atoms with Crippen molar-refractivity contribution in [2.45, 2.75) is 44.9 Å². The van der Waals surface area contributed by atoms with Crippen molar-refractivity contribution in [3.05, 3.63) is 41.2 Å². The maximum Gasteiger partial charge on any atom is 0.228 e. The Hall–Kier alpha value is -2.28. The van der Waals surface area contributed by atoms with Crippen molar-refractivity contribution in [1.29, 1.82) is 0 Å². The third kappa shape index (κ3) is 5.06. The van der Waals surface area contributed by atoms with Crippen molar-refractivity contribution in [1.82, 2.24) is 14.8 Å². The maximum atomic E-state index is 13.1. The fourth-order valence-corrected chi connectivity index (χ4v) is 5.13. The van der Waals surface area contributed by atoms with E-state index in [1.54, 1.807) is 12.1 Å². The summed E-state index contributed by atoms with van der Waals surface area (Å²) in [6.07, 6.45) is 6.42. The van der Waals surface area contributed by atoms with Crippen LogP contribution in [0.2, 0.25) is 0 Å². The highest BCUT2D eigenvalue weighted by Crippen LogP contribution is 2.25. The summed E-state index contributed by atoms with van der Waals surface area (Å²) in [6.45, 7) is 3.05. The Balaban J connectivity index is 1.28. The molecule has 2 saturated heterocycles. The highest BCUT2D eigenvalue weighted by molar-refractivity contribution is 7.13. The molecule has 160 valence electrons. The molecule has 2 fully saturated rings. The molecule has 0 spiro atoms. The van der Waals surface area contributed by atoms with E-state index >= 15 is 0 Å². The molecule has 3 heterocycles. The summed E-state index contributed by atoms with van der Waals surface area (Å²) in [4.78, 5) is 34.0. The molecule has 0 saturated carbocycles. The zero-order valence-corrected chi connectivity index (χ0v) is 18.0. The highest BCUT2D eigenvalue weighted by atomic mass is 32.1. The summed E-state index contributed by atoms with van der Waals surface area (Å²) in [5.41, 5.74) is 1.60. The van der Waals surface area contributed by atoms with E-state index in [0.717, 1.165) is 55.0 Å². The monoisotopic (exact) mass is 429 g/mol. The van der Waals surface area contributed by atoms with Crippen molar-refractivity contribution < 1.29 is 14.0 Å². The lowest BCUT2D eigenvalue weighted by atomic mass is 9.95. The Morgan fingerprint density at radius 3 is 2.30 bits per heavy atom. The second-order valence-corrected chi connectivity index (χ2v) is 9.08. The van der Waals surface area contributed by atoms with Gasteiger partial charge in [-0.1, -0.05) is 12.8 Å². The minimum atomic E-state index is -0.275. The molecule has 0 N–H and O–H groups in total. The molecule has 0 aliphatic carbocycles. The quantitative estimate of drug-likeness (QED) is 0.734. The van der Waals surface area contributed by atoms with Crippen LogP contribution in [0.1, 0.15) is 44.2 Å². The van der Waals surface area contributed by atoms with Crippen LogP contribution in [0.15, 0.2) is 29.6 Å². The van der Waals surface area contributed by atoms with Gasteiger partial charge in [-0.2, -0.15) is 0 Å². The zero-order chi connectivity index (χ0) is 20.9. The van der Waals surface area contributed by atoms with Gasteiger partial charge in [-0.15, -0.1) is 11.3 Å². The Labute approximate surface area is 180 Å². The lowest BCUT2D eigenvalue weighted by molar-refractivity contribution is -0.140. The number of aromatic nitrogens is 1. The smallest absolute Gasteiger partial charge is 0.228 e. The van der Waals surface area contributed by atoms with E-state index in [4.69, 9.17) is 0 Å². The summed E-state index contributed by atoms with van der Waals surface area (Å²) in [6, 6.07) is 6.23. The van der Waals surface area contributed by atoms with Gasteiger partial charge in [0, 0.05) is 43.0 Å². The predicted octanol–water partition coefficient (Wildman–Crippen LogP) is 4.13. The lowest BCUT2D eigenvalue weighted by Gasteiger charge is -2.34. The molecule has 0 radical (unpaired) electrons. The number of rotatable bonds is 4. The van der Waals surface area contributed by atoms with Gasteiger partial charge < -0.3 is 9.80 Å². The van der Waals surface area contributed by atoms with Gasteiger partial charge in [-0.3, -0.25) is 9.59 Å². The molecule has 0 unspecified atom stereocenters. The van der Waals surface area contributed by atoms with Crippen molar-refractivity contribution in [3.8, 4) is 10.6 Å². The van der Waals surface area contributed by atoms with Gasteiger partial charge in [-0.05, 0) is 49.9 Å².